The molecule has 1 aromatic carbocycles. The monoisotopic (exact) mass is 359 g/mol. The molecule has 1 saturated heterocycles. The third-order valence-electron chi connectivity index (χ3n) is 4.39. The number of methoxy groups -OCH3 is 1. The Morgan fingerprint density at radius 3 is 2.46 bits per heavy atom. The second kappa shape index (κ2) is 7.43. The van der Waals surface area contributed by atoms with Gasteiger partial charge in [0.25, 0.3) is 0 Å². The summed E-state index contributed by atoms with van der Waals surface area (Å²) in [6, 6.07) is 7.51. The fourth-order valence-electron chi connectivity index (χ4n) is 2.88. The number of nitrogens with zero attached hydrogens (tertiary/aromatic N) is 4. The minimum absolute atomic E-state index is 0.0169. The Kier molecular flexibility index (Phi) is 5.24. The number of carbonyl (C=O) groups is 1. The molecule has 8 heteroatoms. The SMILES string of the molecule is COc1ccc(-c2noc(CN3CCN(C(=O)C(C)(C)N)CC3)n2)cc1. The van der Waals surface area contributed by atoms with Gasteiger partial charge in [0.15, 0.2) is 0 Å². The minimum atomic E-state index is -0.831. The standard InChI is InChI=1S/C18H25N5O3/c1-18(2,19)17(24)23-10-8-22(9-11-23)12-15-20-16(21-26-15)13-4-6-14(25-3)7-5-13/h4-7H,8-12,19H2,1-3H3. The van der Waals surface area contributed by atoms with Crippen molar-refractivity contribution in [3.05, 3.63) is 30.2 Å². The molecule has 0 saturated carbocycles. The van der Waals surface area contributed by atoms with Crippen molar-refractivity contribution in [2.24, 2.45) is 5.73 Å². The normalized spacial score (nSPS) is 15.9. The van der Waals surface area contributed by atoms with E-state index in [9.17, 15) is 4.79 Å². The molecule has 1 aliphatic heterocycles. The van der Waals surface area contributed by atoms with E-state index in [-0.39, 0.29) is 5.91 Å². The van der Waals surface area contributed by atoms with Crippen molar-refractivity contribution in [2.75, 3.05) is 33.3 Å². The van der Waals surface area contributed by atoms with Crippen LogP contribution >= 0.6 is 0 Å². The summed E-state index contributed by atoms with van der Waals surface area (Å²) < 4.78 is 10.5. The molecule has 0 unspecified atom stereocenters. The van der Waals surface area contributed by atoms with Crippen molar-refractivity contribution >= 4 is 5.91 Å². The molecule has 0 atom stereocenters. The van der Waals surface area contributed by atoms with Crippen LogP contribution in [0.4, 0.5) is 0 Å². The number of piperazine rings is 1. The van der Waals surface area contributed by atoms with Crippen molar-refractivity contribution < 1.29 is 14.1 Å². The summed E-state index contributed by atoms with van der Waals surface area (Å²) in [4.78, 5) is 20.7. The van der Waals surface area contributed by atoms with Crippen LogP contribution in [0, 0.1) is 0 Å². The van der Waals surface area contributed by atoms with Gasteiger partial charge in [-0.3, -0.25) is 9.69 Å². The highest BCUT2D eigenvalue weighted by molar-refractivity contribution is 5.85. The fraction of sp³-hybridized carbons (Fsp3) is 0.500. The van der Waals surface area contributed by atoms with Crippen molar-refractivity contribution in [1.82, 2.24) is 19.9 Å². The predicted molar refractivity (Wildman–Crippen MR) is 96.4 cm³/mol. The number of amides is 1. The molecule has 2 N–H and O–H groups in total. The highest BCUT2D eigenvalue weighted by Crippen LogP contribution is 2.20. The summed E-state index contributed by atoms with van der Waals surface area (Å²) in [5, 5.41) is 4.05. The highest BCUT2D eigenvalue weighted by atomic mass is 16.5. The smallest absolute Gasteiger partial charge is 0.242 e. The van der Waals surface area contributed by atoms with Crippen LogP contribution in [0.3, 0.4) is 0 Å². The van der Waals surface area contributed by atoms with E-state index >= 15 is 0 Å². The summed E-state index contributed by atoms with van der Waals surface area (Å²) in [5.74, 6) is 1.89. The van der Waals surface area contributed by atoms with E-state index in [0.29, 0.717) is 31.3 Å². The minimum Gasteiger partial charge on any atom is -0.497 e. The van der Waals surface area contributed by atoms with Gasteiger partial charge < -0.3 is 19.9 Å². The summed E-state index contributed by atoms with van der Waals surface area (Å²) in [5.41, 5.74) is 5.94. The van der Waals surface area contributed by atoms with Gasteiger partial charge in [0, 0.05) is 31.7 Å². The van der Waals surface area contributed by atoms with E-state index in [2.05, 4.69) is 15.0 Å². The van der Waals surface area contributed by atoms with Gasteiger partial charge in [-0.25, -0.2) is 0 Å². The van der Waals surface area contributed by atoms with Gasteiger partial charge in [-0.1, -0.05) is 5.16 Å². The Labute approximate surface area is 152 Å². The molecular formula is C18H25N5O3. The summed E-state index contributed by atoms with van der Waals surface area (Å²) in [7, 11) is 1.63. The molecule has 2 heterocycles. The summed E-state index contributed by atoms with van der Waals surface area (Å²) in [6.45, 7) is 6.85. The Balaban J connectivity index is 1.56. The molecule has 0 spiro atoms. The molecule has 0 aliphatic carbocycles. The molecule has 8 nitrogen and oxygen atoms in total. The number of ether oxygens (including phenoxy) is 1. The second-order valence-electron chi connectivity index (χ2n) is 7.03. The first-order valence-corrected chi connectivity index (χ1v) is 8.64. The predicted octanol–water partition coefficient (Wildman–Crippen LogP) is 1.13. The number of aromatic nitrogens is 2. The van der Waals surface area contributed by atoms with Crippen LogP contribution in [0.15, 0.2) is 28.8 Å². The van der Waals surface area contributed by atoms with Crippen molar-refractivity contribution in [2.45, 2.75) is 25.9 Å². The average molecular weight is 359 g/mol. The first-order chi connectivity index (χ1) is 12.4. The summed E-state index contributed by atoms with van der Waals surface area (Å²) >= 11 is 0. The number of hydrogen-bond donors (Lipinski definition) is 1. The van der Waals surface area contributed by atoms with Crippen LogP contribution in [0.25, 0.3) is 11.4 Å². The van der Waals surface area contributed by atoms with Gasteiger partial charge in [0.2, 0.25) is 17.6 Å². The number of rotatable bonds is 5. The maximum Gasteiger partial charge on any atom is 0.242 e. The Morgan fingerprint density at radius 1 is 1.23 bits per heavy atom. The second-order valence-corrected chi connectivity index (χ2v) is 7.03. The molecule has 1 aliphatic rings. The molecule has 26 heavy (non-hydrogen) atoms. The van der Waals surface area contributed by atoms with Crippen LogP contribution in [0.1, 0.15) is 19.7 Å². The topological polar surface area (TPSA) is 97.7 Å². The molecule has 0 radical (unpaired) electrons. The number of carbonyl (C=O) groups excluding carboxylic acids is 1. The van der Waals surface area contributed by atoms with Crippen molar-refractivity contribution in [3.8, 4) is 17.1 Å². The van der Waals surface area contributed by atoms with Crippen LogP contribution in [-0.2, 0) is 11.3 Å². The number of nitrogens with two attached hydrogens (primary N) is 1. The lowest BCUT2D eigenvalue weighted by molar-refractivity contribution is -0.137. The molecule has 0 bridgehead atoms. The van der Waals surface area contributed by atoms with Gasteiger partial charge >= 0.3 is 0 Å². The van der Waals surface area contributed by atoms with E-state index in [1.807, 2.05) is 29.2 Å². The van der Waals surface area contributed by atoms with Gasteiger partial charge in [-0.05, 0) is 38.1 Å². The summed E-state index contributed by atoms with van der Waals surface area (Å²) in [6.07, 6.45) is 0. The zero-order chi connectivity index (χ0) is 18.7. The van der Waals surface area contributed by atoms with Gasteiger partial charge in [0.05, 0.1) is 19.2 Å². The zero-order valence-electron chi connectivity index (χ0n) is 15.4. The van der Waals surface area contributed by atoms with E-state index < -0.39 is 5.54 Å². The Bertz CT molecular complexity index is 743. The first-order valence-electron chi connectivity index (χ1n) is 8.64. The third-order valence-corrected chi connectivity index (χ3v) is 4.39. The van der Waals surface area contributed by atoms with Crippen molar-refractivity contribution in [3.63, 3.8) is 0 Å². The van der Waals surface area contributed by atoms with E-state index in [0.717, 1.165) is 24.4 Å². The van der Waals surface area contributed by atoms with E-state index in [4.69, 9.17) is 15.0 Å². The molecule has 1 aromatic heterocycles. The van der Waals surface area contributed by atoms with E-state index in [1.54, 1.807) is 21.0 Å². The highest BCUT2D eigenvalue weighted by Gasteiger charge is 2.30. The molecular weight excluding hydrogens is 334 g/mol. The Morgan fingerprint density at radius 2 is 1.88 bits per heavy atom. The lowest BCUT2D eigenvalue weighted by Gasteiger charge is -2.36. The van der Waals surface area contributed by atoms with E-state index in [1.165, 1.54) is 0 Å². The van der Waals surface area contributed by atoms with Gasteiger partial charge in [-0.15, -0.1) is 0 Å². The molecule has 1 amide bonds. The maximum absolute atomic E-state index is 12.2. The lowest BCUT2D eigenvalue weighted by atomic mass is 10.0. The lowest BCUT2D eigenvalue weighted by Crippen LogP contribution is -2.56. The van der Waals surface area contributed by atoms with Crippen LogP contribution in [0.2, 0.25) is 0 Å². The van der Waals surface area contributed by atoms with Gasteiger partial charge in [-0.2, -0.15) is 4.98 Å². The third kappa shape index (κ3) is 4.20. The maximum atomic E-state index is 12.2. The zero-order valence-corrected chi connectivity index (χ0v) is 15.4. The van der Waals surface area contributed by atoms with Crippen LogP contribution in [0.5, 0.6) is 5.75 Å². The number of benzene rings is 1. The van der Waals surface area contributed by atoms with Crippen LogP contribution < -0.4 is 10.5 Å². The van der Waals surface area contributed by atoms with Crippen LogP contribution in [-0.4, -0.2) is 64.7 Å². The molecule has 1 fully saturated rings. The van der Waals surface area contributed by atoms with Crippen molar-refractivity contribution in [1.29, 1.82) is 0 Å². The van der Waals surface area contributed by atoms with Gasteiger partial charge in [0.1, 0.15) is 5.75 Å². The molecule has 140 valence electrons. The fourth-order valence-corrected chi connectivity index (χ4v) is 2.88. The average Bonchev–Trinajstić information content (AvgIpc) is 3.09. The quantitative estimate of drug-likeness (QED) is 0.854. The largest absolute Gasteiger partial charge is 0.497 e. The Hall–Kier alpha value is -2.45. The molecule has 3 rings (SSSR count). The first kappa shape index (κ1) is 18.3. The molecule has 2 aromatic rings. The number of hydrogen-bond acceptors (Lipinski definition) is 7.